The Morgan fingerprint density at radius 1 is 0.978 bits per heavy atom. The van der Waals surface area contributed by atoms with E-state index in [1.54, 1.807) is 48.5 Å². The van der Waals surface area contributed by atoms with E-state index < -0.39 is 17.8 Å². The van der Waals surface area contributed by atoms with Gasteiger partial charge in [0.05, 0.1) is 18.4 Å². The normalized spacial score (nSPS) is 14.2. The molecule has 3 N–H and O–H groups in total. The maximum atomic E-state index is 13.5. The fourth-order valence-corrected chi connectivity index (χ4v) is 7.37. The number of benzene rings is 3. The molecular formula is C36H35N3O5S2. The molecule has 1 aromatic heterocycles. The van der Waals surface area contributed by atoms with Crippen molar-refractivity contribution in [3.63, 3.8) is 0 Å². The number of carbonyl (C=O) groups excluding carboxylic acids is 4. The van der Waals surface area contributed by atoms with Crippen molar-refractivity contribution in [2.45, 2.75) is 38.0 Å². The van der Waals surface area contributed by atoms with E-state index in [2.05, 4.69) is 22.9 Å². The molecule has 4 aromatic rings. The number of ether oxygens (including phenoxy) is 1. The van der Waals surface area contributed by atoms with Gasteiger partial charge in [0.1, 0.15) is 10.7 Å². The lowest BCUT2D eigenvalue weighted by Gasteiger charge is -2.18. The van der Waals surface area contributed by atoms with E-state index >= 15 is 0 Å². The van der Waals surface area contributed by atoms with Gasteiger partial charge in [0, 0.05) is 21.0 Å². The highest BCUT2D eigenvalue weighted by Crippen LogP contribution is 2.40. The smallest absolute Gasteiger partial charge is 0.341 e. The Labute approximate surface area is 276 Å². The van der Waals surface area contributed by atoms with Gasteiger partial charge < -0.3 is 20.7 Å². The highest BCUT2D eigenvalue weighted by molar-refractivity contribution is 8.00. The number of amides is 3. The van der Waals surface area contributed by atoms with Crippen molar-refractivity contribution >= 4 is 63.6 Å². The van der Waals surface area contributed by atoms with E-state index in [1.165, 1.54) is 30.2 Å². The number of carbonyl (C=O) groups is 4. The van der Waals surface area contributed by atoms with Gasteiger partial charge in [-0.25, -0.2) is 4.79 Å². The minimum atomic E-state index is -0.489. The third kappa shape index (κ3) is 8.32. The second kappa shape index (κ2) is 15.1. The maximum absolute atomic E-state index is 13.5. The Morgan fingerprint density at radius 3 is 2.52 bits per heavy atom. The number of rotatable bonds is 10. The van der Waals surface area contributed by atoms with E-state index in [9.17, 15) is 19.2 Å². The Balaban J connectivity index is 1.26. The molecule has 236 valence electrons. The molecule has 0 radical (unpaired) electrons. The van der Waals surface area contributed by atoms with Gasteiger partial charge in [0.25, 0.3) is 11.8 Å². The quantitative estimate of drug-likeness (QED) is 0.0956. The van der Waals surface area contributed by atoms with Crippen molar-refractivity contribution in [2.24, 2.45) is 5.92 Å². The second-order valence-electron chi connectivity index (χ2n) is 11.2. The number of fused-ring (bicyclic) bond motifs is 1. The molecule has 1 heterocycles. The molecule has 0 fully saturated rings. The van der Waals surface area contributed by atoms with Gasteiger partial charge in [-0.3, -0.25) is 14.4 Å². The highest BCUT2D eigenvalue weighted by atomic mass is 32.2. The molecule has 3 amide bonds. The molecule has 3 aromatic carbocycles. The number of anilines is 2. The van der Waals surface area contributed by atoms with Crippen molar-refractivity contribution in [3.05, 3.63) is 117 Å². The van der Waals surface area contributed by atoms with E-state index in [1.807, 2.05) is 43.3 Å². The van der Waals surface area contributed by atoms with Crippen molar-refractivity contribution in [3.8, 4) is 0 Å². The van der Waals surface area contributed by atoms with Gasteiger partial charge in [-0.2, -0.15) is 0 Å². The molecule has 10 heteroatoms. The summed E-state index contributed by atoms with van der Waals surface area (Å²) < 4.78 is 5.03. The first kappa shape index (κ1) is 32.7. The lowest BCUT2D eigenvalue weighted by atomic mass is 9.88. The van der Waals surface area contributed by atoms with Crippen molar-refractivity contribution in [1.82, 2.24) is 5.32 Å². The van der Waals surface area contributed by atoms with Crippen LogP contribution in [-0.4, -0.2) is 36.6 Å². The van der Waals surface area contributed by atoms with Gasteiger partial charge in [-0.05, 0) is 79.6 Å². The molecule has 1 aliphatic carbocycles. The summed E-state index contributed by atoms with van der Waals surface area (Å²) in [6.07, 6.45) is 4.30. The third-order valence-corrected chi connectivity index (χ3v) is 9.66. The number of methoxy groups -OCH3 is 1. The predicted molar refractivity (Wildman–Crippen MR) is 184 cm³/mol. The zero-order valence-corrected chi connectivity index (χ0v) is 27.5. The molecule has 8 nitrogen and oxygen atoms in total. The molecule has 5 rings (SSSR count). The minimum absolute atomic E-state index is 0.0892. The number of hydrogen-bond acceptors (Lipinski definition) is 7. The summed E-state index contributed by atoms with van der Waals surface area (Å²) in [5.74, 6) is -0.948. The molecule has 46 heavy (non-hydrogen) atoms. The molecule has 0 spiro atoms. The van der Waals surface area contributed by atoms with Crippen LogP contribution in [0.2, 0.25) is 0 Å². The van der Waals surface area contributed by atoms with Gasteiger partial charge in [0.15, 0.2) is 0 Å². The van der Waals surface area contributed by atoms with Crippen LogP contribution in [0.4, 0.5) is 10.7 Å². The van der Waals surface area contributed by atoms with Gasteiger partial charge in [-0.1, -0.05) is 61.0 Å². The zero-order chi connectivity index (χ0) is 32.6. The van der Waals surface area contributed by atoms with E-state index in [0.29, 0.717) is 27.7 Å². The molecule has 1 aliphatic rings. The SMILES string of the molecule is COC(=O)c1c(NC(=O)CSc2cccc(NC(=O)/C(=C\c3cccc(C)c3)NC(=O)c3ccccc3)c2)sc2c1CCC(C)C2. The van der Waals surface area contributed by atoms with Crippen LogP contribution in [0, 0.1) is 12.8 Å². The van der Waals surface area contributed by atoms with Crippen molar-refractivity contribution in [2.75, 3.05) is 23.5 Å². The van der Waals surface area contributed by atoms with Gasteiger partial charge in [0.2, 0.25) is 5.91 Å². The number of thioether (sulfide) groups is 1. The molecule has 0 aliphatic heterocycles. The first-order valence-corrected chi connectivity index (χ1v) is 16.7. The monoisotopic (exact) mass is 653 g/mol. The Bertz CT molecular complexity index is 1800. The molecule has 1 unspecified atom stereocenters. The summed E-state index contributed by atoms with van der Waals surface area (Å²) in [4.78, 5) is 53.9. The van der Waals surface area contributed by atoms with Gasteiger partial charge in [-0.15, -0.1) is 23.1 Å². The third-order valence-electron chi connectivity index (χ3n) is 7.50. The summed E-state index contributed by atoms with van der Waals surface area (Å²) in [6.45, 7) is 4.14. The predicted octanol–water partition coefficient (Wildman–Crippen LogP) is 7.11. The number of nitrogens with one attached hydrogen (secondary N) is 3. The Hall–Kier alpha value is -4.67. The zero-order valence-electron chi connectivity index (χ0n) is 25.8. The van der Waals surface area contributed by atoms with Crippen LogP contribution in [0.1, 0.15) is 55.6 Å². The van der Waals surface area contributed by atoms with Crippen LogP contribution in [0.15, 0.2) is 89.5 Å². The first-order chi connectivity index (χ1) is 22.2. The summed E-state index contributed by atoms with van der Waals surface area (Å²) >= 11 is 2.76. The molecule has 0 bridgehead atoms. The second-order valence-corrected chi connectivity index (χ2v) is 13.3. The topological polar surface area (TPSA) is 114 Å². The van der Waals surface area contributed by atoms with E-state index in [-0.39, 0.29) is 17.4 Å². The summed E-state index contributed by atoms with van der Waals surface area (Å²) in [5, 5.41) is 9.09. The van der Waals surface area contributed by atoms with Crippen LogP contribution >= 0.6 is 23.1 Å². The highest BCUT2D eigenvalue weighted by Gasteiger charge is 2.29. The van der Waals surface area contributed by atoms with Crippen LogP contribution in [0.3, 0.4) is 0 Å². The minimum Gasteiger partial charge on any atom is -0.465 e. The Morgan fingerprint density at radius 2 is 1.76 bits per heavy atom. The van der Waals surface area contributed by atoms with Crippen LogP contribution < -0.4 is 16.0 Å². The molecular weight excluding hydrogens is 619 g/mol. The van der Waals surface area contributed by atoms with E-state index in [4.69, 9.17) is 4.74 Å². The van der Waals surface area contributed by atoms with E-state index in [0.717, 1.165) is 45.7 Å². The maximum Gasteiger partial charge on any atom is 0.341 e. The summed E-state index contributed by atoms with van der Waals surface area (Å²) in [7, 11) is 1.35. The lowest BCUT2D eigenvalue weighted by Crippen LogP contribution is -2.30. The molecule has 0 saturated carbocycles. The number of thiophene rings is 1. The first-order valence-electron chi connectivity index (χ1n) is 14.9. The molecule has 1 atom stereocenters. The average Bonchev–Trinajstić information content (AvgIpc) is 3.40. The largest absolute Gasteiger partial charge is 0.465 e. The van der Waals surface area contributed by atoms with Crippen LogP contribution in [-0.2, 0) is 27.2 Å². The lowest BCUT2D eigenvalue weighted by molar-refractivity contribution is -0.114. The molecule has 0 saturated heterocycles. The standard InChI is InChI=1S/C36H35N3O5S2/c1-22-9-7-10-24(17-22)19-29(38-33(41)25-11-5-4-6-12-25)34(42)37-26-13-8-14-27(20-26)45-21-31(40)39-35-32(36(43)44-3)28-16-15-23(2)18-30(28)46-35/h4-14,17,19-20,23H,15-16,18,21H2,1-3H3,(H,37,42)(H,38,41)(H,39,40)/b29-19+. The number of aryl methyl sites for hydroxylation is 1. The summed E-state index contributed by atoms with van der Waals surface area (Å²) in [5.41, 5.74) is 4.26. The number of esters is 1. The van der Waals surface area contributed by atoms with Crippen LogP contribution in [0.5, 0.6) is 0 Å². The van der Waals surface area contributed by atoms with Crippen molar-refractivity contribution < 1.29 is 23.9 Å². The summed E-state index contributed by atoms with van der Waals surface area (Å²) in [6, 6.07) is 23.4. The van der Waals surface area contributed by atoms with Crippen LogP contribution in [0.25, 0.3) is 6.08 Å². The number of hydrogen-bond donors (Lipinski definition) is 3. The average molecular weight is 654 g/mol. The Kier molecular flexibility index (Phi) is 10.7. The van der Waals surface area contributed by atoms with Crippen molar-refractivity contribution in [1.29, 1.82) is 0 Å². The fourth-order valence-electron chi connectivity index (χ4n) is 5.20. The fraction of sp³-hybridized carbons (Fsp3) is 0.222. The van der Waals surface area contributed by atoms with Gasteiger partial charge >= 0.3 is 5.97 Å².